The molecule has 1 amide bonds. The first-order valence-corrected chi connectivity index (χ1v) is 5.93. The largest absolute Gasteiger partial charge is 0.435 e. The summed E-state index contributed by atoms with van der Waals surface area (Å²) in [6.07, 6.45) is -2.76. The molecule has 0 radical (unpaired) electrons. The van der Waals surface area contributed by atoms with Crippen LogP contribution in [-0.4, -0.2) is 44.9 Å². The standard InChI is InChI=1S/C11H14F3N3O2/c12-11(13,14)9-3-6-17(15-9)7-10(19)16-4-1-8(18)2-5-16/h3,6,8,18H,1-2,4-5,7H2. The molecule has 1 aliphatic heterocycles. The van der Waals surface area contributed by atoms with Crippen LogP contribution in [0.2, 0.25) is 0 Å². The number of hydrogen-bond donors (Lipinski definition) is 1. The predicted octanol–water partition coefficient (Wildman–Crippen LogP) is 0.885. The van der Waals surface area contributed by atoms with Gasteiger partial charge in [0.25, 0.3) is 0 Å². The summed E-state index contributed by atoms with van der Waals surface area (Å²) in [5.41, 5.74) is -1.01. The first-order valence-electron chi connectivity index (χ1n) is 5.93. The van der Waals surface area contributed by atoms with Gasteiger partial charge in [0.1, 0.15) is 6.54 Å². The van der Waals surface area contributed by atoms with Gasteiger partial charge in [-0.1, -0.05) is 0 Å². The van der Waals surface area contributed by atoms with Crippen LogP contribution in [0.4, 0.5) is 13.2 Å². The summed E-state index contributed by atoms with van der Waals surface area (Å²) in [5, 5.41) is 12.6. The van der Waals surface area contributed by atoms with Crippen molar-refractivity contribution in [3.05, 3.63) is 18.0 Å². The summed E-state index contributed by atoms with van der Waals surface area (Å²) in [4.78, 5) is 13.4. The van der Waals surface area contributed by atoms with Crippen molar-refractivity contribution in [2.45, 2.75) is 31.7 Å². The number of aliphatic hydroxyl groups excluding tert-OH is 1. The van der Waals surface area contributed by atoms with Gasteiger partial charge in [0.05, 0.1) is 6.10 Å². The van der Waals surface area contributed by atoms with Crippen molar-refractivity contribution in [3.8, 4) is 0 Å². The van der Waals surface area contributed by atoms with Crippen LogP contribution in [0, 0.1) is 0 Å². The average Bonchev–Trinajstić information content (AvgIpc) is 2.78. The molecule has 2 heterocycles. The highest BCUT2D eigenvalue weighted by Gasteiger charge is 2.33. The normalized spacial score (nSPS) is 17.8. The number of alkyl halides is 3. The number of hydrogen-bond acceptors (Lipinski definition) is 3. The number of halogens is 3. The monoisotopic (exact) mass is 277 g/mol. The van der Waals surface area contributed by atoms with Crippen LogP contribution in [0.1, 0.15) is 18.5 Å². The third-order valence-corrected chi connectivity index (χ3v) is 3.05. The van der Waals surface area contributed by atoms with Gasteiger partial charge in [0.2, 0.25) is 5.91 Å². The number of nitrogens with zero attached hydrogens (tertiary/aromatic N) is 3. The highest BCUT2D eigenvalue weighted by atomic mass is 19.4. The maximum atomic E-state index is 12.3. The van der Waals surface area contributed by atoms with E-state index in [1.54, 1.807) is 0 Å². The second kappa shape index (κ2) is 5.20. The molecule has 0 aromatic carbocycles. The van der Waals surface area contributed by atoms with Gasteiger partial charge in [0.15, 0.2) is 5.69 Å². The van der Waals surface area contributed by atoms with Crippen LogP contribution in [0.15, 0.2) is 12.3 Å². The molecule has 1 fully saturated rings. The van der Waals surface area contributed by atoms with Crippen molar-refractivity contribution in [3.63, 3.8) is 0 Å². The average molecular weight is 277 g/mol. The third kappa shape index (κ3) is 3.46. The van der Waals surface area contributed by atoms with E-state index < -0.39 is 18.0 Å². The van der Waals surface area contributed by atoms with Crippen molar-refractivity contribution in [1.29, 1.82) is 0 Å². The van der Waals surface area contributed by atoms with Crippen LogP contribution in [-0.2, 0) is 17.5 Å². The van der Waals surface area contributed by atoms with Gasteiger partial charge in [-0.2, -0.15) is 18.3 Å². The summed E-state index contributed by atoms with van der Waals surface area (Å²) in [6.45, 7) is 0.632. The van der Waals surface area contributed by atoms with E-state index in [1.165, 1.54) is 4.90 Å². The second-order valence-electron chi connectivity index (χ2n) is 4.51. The maximum absolute atomic E-state index is 12.3. The maximum Gasteiger partial charge on any atom is 0.435 e. The highest BCUT2D eigenvalue weighted by molar-refractivity contribution is 5.76. The molecule has 2 rings (SSSR count). The number of piperidine rings is 1. The molecule has 0 unspecified atom stereocenters. The van der Waals surface area contributed by atoms with Gasteiger partial charge in [-0.25, -0.2) is 0 Å². The number of aromatic nitrogens is 2. The van der Waals surface area contributed by atoms with Crippen LogP contribution in [0.3, 0.4) is 0 Å². The molecule has 1 aromatic heterocycles. The Hall–Kier alpha value is -1.57. The smallest absolute Gasteiger partial charge is 0.393 e. The molecule has 0 spiro atoms. The Morgan fingerprint density at radius 1 is 1.42 bits per heavy atom. The molecular formula is C11H14F3N3O2. The molecule has 0 atom stereocenters. The summed E-state index contributed by atoms with van der Waals surface area (Å²) in [5.74, 6) is -0.288. The lowest BCUT2D eigenvalue weighted by atomic mass is 10.1. The fourth-order valence-electron chi connectivity index (χ4n) is 1.95. The van der Waals surface area contributed by atoms with Crippen LogP contribution in [0.5, 0.6) is 0 Å². The van der Waals surface area contributed by atoms with Gasteiger partial charge in [-0.3, -0.25) is 9.48 Å². The number of aliphatic hydroxyl groups is 1. The molecule has 8 heteroatoms. The van der Waals surface area contributed by atoms with Crippen molar-refractivity contribution in [1.82, 2.24) is 14.7 Å². The van der Waals surface area contributed by atoms with Gasteiger partial charge in [-0.15, -0.1) is 0 Å². The molecule has 0 saturated carbocycles. The summed E-state index contributed by atoms with van der Waals surface area (Å²) in [7, 11) is 0. The summed E-state index contributed by atoms with van der Waals surface area (Å²) in [6, 6.07) is 0.841. The van der Waals surface area contributed by atoms with E-state index in [-0.39, 0.29) is 12.5 Å². The topological polar surface area (TPSA) is 58.4 Å². The Morgan fingerprint density at radius 3 is 2.58 bits per heavy atom. The quantitative estimate of drug-likeness (QED) is 0.873. The molecule has 1 aromatic rings. The van der Waals surface area contributed by atoms with Crippen LogP contribution >= 0.6 is 0 Å². The van der Waals surface area contributed by atoms with Crippen molar-refractivity contribution < 1.29 is 23.1 Å². The third-order valence-electron chi connectivity index (χ3n) is 3.05. The first kappa shape index (κ1) is 13.9. The van der Waals surface area contributed by atoms with Gasteiger partial charge < -0.3 is 10.0 Å². The van der Waals surface area contributed by atoms with E-state index in [0.717, 1.165) is 16.9 Å². The molecule has 1 N–H and O–H groups in total. The molecule has 0 aliphatic carbocycles. The van der Waals surface area contributed by atoms with E-state index in [1.807, 2.05) is 0 Å². The minimum atomic E-state index is -4.50. The zero-order valence-electron chi connectivity index (χ0n) is 10.1. The molecule has 19 heavy (non-hydrogen) atoms. The van der Waals surface area contributed by atoms with Crippen molar-refractivity contribution in [2.24, 2.45) is 0 Å². The van der Waals surface area contributed by atoms with Gasteiger partial charge >= 0.3 is 6.18 Å². The number of carbonyl (C=O) groups excluding carboxylic acids is 1. The second-order valence-corrected chi connectivity index (χ2v) is 4.51. The molecule has 106 valence electrons. The molecule has 0 bridgehead atoms. The van der Waals surface area contributed by atoms with E-state index in [0.29, 0.717) is 25.9 Å². The fraction of sp³-hybridized carbons (Fsp3) is 0.636. The number of carbonyl (C=O) groups is 1. The van der Waals surface area contributed by atoms with E-state index >= 15 is 0 Å². The Balaban J connectivity index is 1.94. The minimum absolute atomic E-state index is 0.216. The lowest BCUT2D eigenvalue weighted by molar-refractivity contribution is -0.142. The van der Waals surface area contributed by atoms with E-state index in [4.69, 9.17) is 0 Å². The fourth-order valence-corrected chi connectivity index (χ4v) is 1.95. The Labute approximate surface area is 107 Å². The Kier molecular flexibility index (Phi) is 3.79. The van der Waals surface area contributed by atoms with E-state index in [2.05, 4.69) is 5.10 Å². The Morgan fingerprint density at radius 2 is 2.05 bits per heavy atom. The zero-order chi connectivity index (χ0) is 14.0. The lowest BCUT2D eigenvalue weighted by Crippen LogP contribution is -2.41. The number of amides is 1. The zero-order valence-corrected chi connectivity index (χ0v) is 10.1. The summed E-state index contributed by atoms with van der Waals surface area (Å²) >= 11 is 0. The van der Waals surface area contributed by atoms with Crippen molar-refractivity contribution in [2.75, 3.05) is 13.1 Å². The molecule has 5 nitrogen and oxygen atoms in total. The SMILES string of the molecule is O=C(Cn1ccc(C(F)(F)F)n1)N1CCC(O)CC1. The first-order chi connectivity index (χ1) is 8.86. The van der Waals surface area contributed by atoms with Gasteiger partial charge in [0, 0.05) is 19.3 Å². The predicted molar refractivity (Wildman–Crippen MR) is 59.0 cm³/mol. The number of rotatable bonds is 2. The minimum Gasteiger partial charge on any atom is -0.393 e. The number of likely N-dealkylation sites (tertiary alicyclic amines) is 1. The Bertz CT molecular complexity index is 450. The highest BCUT2D eigenvalue weighted by Crippen LogP contribution is 2.27. The molecule has 1 saturated heterocycles. The van der Waals surface area contributed by atoms with Crippen molar-refractivity contribution >= 4 is 5.91 Å². The van der Waals surface area contributed by atoms with Crippen LogP contribution in [0.25, 0.3) is 0 Å². The summed E-state index contributed by atoms with van der Waals surface area (Å²) < 4.78 is 38.0. The molecule has 1 aliphatic rings. The van der Waals surface area contributed by atoms with Gasteiger partial charge in [-0.05, 0) is 18.9 Å². The van der Waals surface area contributed by atoms with E-state index in [9.17, 15) is 23.1 Å². The lowest BCUT2D eigenvalue weighted by Gasteiger charge is -2.29. The molecular weight excluding hydrogens is 263 g/mol. The van der Waals surface area contributed by atoms with Crippen LogP contribution < -0.4 is 0 Å².